The molecule has 0 bridgehead atoms. The number of aryl methyl sites for hydroxylation is 1. The molecule has 4 heteroatoms. The van der Waals surface area contributed by atoms with E-state index in [-0.39, 0.29) is 11.3 Å². The van der Waals surface area contributed by atoms with E-state index >= 15 is 0 Å². The Morgan fingerprint density at radius 1 is 1.44 bits per heavy atom. The topological polar surface area (TPSA) is 34.9 Å². The van der Waals surface area contributed by atoms with Gasteiger partial charge in [0.1, 0.15) is 11.6 Å². The molecule has 0 aliphatic heterocycles. The van der Waals surface area contributed by atoms with E-state index in [1.54, 1.807) is 36.0 Å². The molecule has 3 nitrogen and oxygen atoms in total. The molecule has 0 radical (unpaired) electrons. The maximum Gasteiger partial charge on any atom is 0.164 e. The van der Waals surface area contributed by atoms with Crippen molar-refractivity contribution in [2.75, 3.05) is 0 Å². The van der Waals surface area contributed by atoms with E-state index in [1.807, 2.05) is 0 Å². The molecule has 2 rings (SSSR count). The first-order chi connectivity index (χ1) is 7.61. The molecular weight excluding hydrogens is 207 g/mol. The van der Waals surface area contributed by atoms with Crippen molar-refractivity contribution in [2.45, 2.75) is 13.8 Å². The van der Waals surface area contributed by atoms with Crippen molar-refractivity contribution in [1.82, 2.24) is 9.55 Å². The minimum absolute atomic E-state index is 0.101. The molecule has 0 unspecified atom stereocenters. The lowest BCUT2D eigenvalue weighted by molar-refractivity contribution is 0.101. The number of hydrogen-bond donors (Lipinski definition) is 0. The van der Waals surface area contributed by atoms with Gasteiger partial charge in [-0.3, -0.25) is 4.79 Å². The van der Waals surface area contributed by atoms with E-state index in [0.717, 1.165) is 0 Å². The van der Waals surface area contributed by atoms with E-state index < -0.39 is 5.82 Å². The summed E-state index contributed by atoms with van der Waals surface area (Å²) in [7, 11) is 0. The van der Waals surface area contributed by atoms with Crippen LogP contribution in [0.3, 0.4) is 0 Å². The molecule has 0 fully saturated rings. The molecule has 0 saturated carbocycles. The van der Waals surface area contributed by atoms with Crippen molar-refractivity contribution < 1.29 is 9.18 Å². The highest BCUT2D eigenvalue weighted by Gasteiger charge is 2.14. The lowest BCUT2D eigenvalue weighted by Crippen LogP contribution is -2.06. The highest BCUT2D eigenvalue weighted by Crippen LogP contribution is 2.19. The van der Waals surface area contributed by atoms with Crippen LogP contribution in [-0.2, 0) is 0 Å². The second-order valence-corrected chi connectivity index (χ2v) is 3.53. The van der Waals surface area contributed by atoms with Crippen LogP contribution >= 0.6 is 0 Å². The third-order valence-corrected chi connectivity index (χ3v) is 2.43. The minimum Gasteiger partial charge on any atom is -0.303 e. The Kier molecular flexibility index (Phi) is 2.56. The van der Waals surface area contributed by atoms with E-state index in [2.05, 4.69) is 4.98 Å². The fraction of sp³-hybridized carbons (Fsp3) is 0.167. The Balaban J connectivity index is 2.70. The van der Waals surface area contributed by atoms with Crippen LogP contribution in [0, 0.1) is 12.7 Å². The largest absolute Gasteiger partial charge is 0.303 e. The van der Waals surface area contributed by atoms with Crippen LogP contribution in [0.4, 0.5) is 4.39 Å². The summed E-state index contributed by atoms with van der Waals surface area (Å²) in [6.07, 6.45) is 3.32. The number of nitrogens with zero attached hydrogens (tertiary/aromatic N) is 2. The minimum atomic E-state index is -0.502. The summed E-state index contributed by atoms with van der Waals surface area (Å²) in [5.74, 6) is -0.0765. The van der Waals surface area contributed by atoms with Crippen LogP contribution in [0.2, 0.25) is 0 Å². The van der Waals surface area contributed by atoms with Crippen molar-refractivity contribution in [3.8, 4) is 5.69 Å². The zero-order valence-electron chi connectivity index (χ0n) is 9.07. The van der Waals surface area contributed by atoms with Crippen LogP contribution < -0.4 is 0 Å². The number of rotatable bonds is 2. The van der Waals surface area contributed by atoms with Gasteiger partial charge >= 0.3 is 0 Å². The number of carbonyl (C=O) groups excluding carboxylic acids is 1. The molecule has 0 aliphatic rings. The summed E-state index contributed by atoms with van der Waals surface area (Å²) in [6.45, 7) is 3.16. The highest BCUT2D eigenvalue weighted by molar-refractivity contribution is 5.98. The second-order valence-electron chi connectivity index (χ2n) is 3.53. The van der Waals surface area contributed by atoms with Gasteiger partial charge in [-0.15, -0.1) is 0 Å². The van der Waals surface area contributed by atoms with E-state index in [9.17, 15) is 9.18 Å². The van der Waals surface area contributed by atoms with E-state index in [4.69, 9.17) is 0 Å². The van der Waals surface area contributed by atoms with Gasteiger partial charge in [-0.05, 0) is 26.0 Å². The molecule has 0 saturated heterocycles. The van der Waals surface area contributed by atoms with Gasteiger partial charge in [-0.1, -0.05) is 6.07 Å². The van der Waals surface area contributed by atoms with Gasteiger partial charge in [0.15, 0.2) is 5.78 Å². The van der Waals surface area contributed by atoms with Crippen molar-refractivity contribution in [2.24, 2.45) is 0 Å². The molecule has 1 heterocycles. The highest BCUT2D eigenvalue weighted by atomic mass is 19.1. The summed E-state index contributed by atoms with van der Waals surface area (Å²) in [4.78, 5) is 15.5. The first kappa shape index (κ1) is 10.5. The molecule has 0 aliphatic carbocycles. The lowest BCUT2D eigenvalue weighted by Gasteiger charge is -2.10. The third-order valence-electron chi connectivity index (χ3n) is 2.43. The van der Waals surface area contributed by atoms with Gasteiger partial charge in [0.2, 0.25) is 0 Å². The zero-order chi connectivity index (χ0) is 11.7. The van der Waals surface area contributed by atoms with Crippen LogP contribution in [0.25, 0.3) is 5.69 Å². The van der Waals surface area contributed by atoms with Crippen LogP contribution in [0.1, 0.15) is 23.1 Å². The van der Waals surface area contributed by atoms with Gasteiger partial charge in [-0.25, -0.2) is 9.37 Å². The molecule has 1 aromatic heterocycles. The maximum atomic E-state index is 13.6. The van der Waals surface area contributed by atoms with Crippen molar-refractivity contribution >= 4 is 5.78 Å². The van der Waals surface area contributed by atoms with Gasteiger partial charge in [0, 0.05) is 12.4 Å². The molecule has 1 aromatic carbocycles. The predicted molar refractivity (Wildman–Crippen MR) is 58.3 cm³/mol. The Morgan fingerprint density at radius 2 is 2.19 bits per heavy atom. The summed E-state index contributed by atoms with van der Waals surface area (Å²) >= 11 is 0. The van der Waals surface area contributed by atoms with Crippen molar-refractivity contribution in [3.63, 3.8) is 0 Å². The zero-order valence-corrected chi connectivity index (χ0v) is 9.07. The number of carbonyl (C=O) groups is 1. The average Bonchev–Trinajstić information content (AvgIpc) is 2.63. The number of Topliss-reactive ketones (excluding diaryl/α,β-unsaturated/α-hetero) is 1. The first-order valence-corrected chi connectivity index (χ1v) is 4.91. The quantitative estimate of drug-likeness (QED) is 0.726. The monoisotopic (exact) mass is 218 g/mol. The Labute approximate surface area is 92.5 Å². The van der Waals surface area contributed by atoms with Gasteiger partial charge in [0.25, 0.3) is 0 Å². The van der Waals surface area contributed by atoms with Crippen LogP contribution in [0.15, 0.2) is 30.6 Å². The SMILES string of the molecule is CC(=O)c1c(F)cccc1-n1ccnc1C. The summed E-state index contributed by atoms with van der Waals surface area (Å²) in [6, 6.07) is 4.57. The number of imidazole rings is 1. The smallest absolute Gasteiger partial charge is 0.164 e. The Hall–Kier alpha value is -1.97. The Bertz CT molecular complexity index is 546. The molecule has 16 heavy (non-hydrogen) atoms. The fourth-order valence-corrected chi connectivity index (χ4v) is 1.69. The average molecular weight is 218 g/mol. The Morgan fingerprint density at radius 3 is 2.75 bits per heavy atom. The third kappa shape index (κ3) is 1.62. The van der Waals surface area contributed by atoms with Gasteiger partial charge in [0.05, 0.1) is 11.3 Å². The van der Waals surface area contributed by atoms with Crippen LogP contribution in [-0.4, -0.2) is 15.3 Å². The number of halogens is 1. The van der Waals surface area contributed by atoms with Crippen molar-refractivity contribution in [3.05, 3.63) is 47.8 Å². The molecule has 0 atom stereocenters. The standard InChI is InChI=1S/C12H11FN2O/c1-8(16)12-10(13)4-3-5-11(12)15-7-6-14-9(15)2/h3-7H,1-2H3. The molecule has 0 N–H and O–H groups in total. The number of hydrogen-bond acceptors (Lipinski definition) is 2. The second kappa shape index (κ2) is 3.89. The fourth-order valence-electron chi connectivity index (χ4n) is 1.69. The summed E-state index contributed by atoms with van der Waals surface area (Å²) < 4.78 is 15.3. The normalized spacial score (nSPS) is 10.4. The summed E-state index contributed by atoms with van der Waals surface area (Å²) in [5.41, 5.74) is 0.631. The summed E-state index contributed by atoms with van der Waals surface area (Å²) in [5, 5.41) is 0. The number of ketones is 1. The molecule has 0 spiro atoms. The lowest BCUT2D eigenvalue weighted by atomic mass is 10.1. The number of benzene rings is 1. The van der Waals surface area contributed by atoms with Crippen LogP contribution in [0.5, 0.6) is 0 Å². The van der Waals surface area contributed by atoms with Crippen molar-refractivity contribution in [1.29, 1.82) is 0 Å². The predicted octanol–water partition coefficient (Wildman–Crippen LogP) is 2.52. The van der Waals surface area contributed by atoms with E-state index in [1.165, 1.54) is 13.0 Å². The molecular formula is C12H11FN2O. The first-order valence-electron chi connectivity index (χ1n) is 4.91. The molecule has 82 valence electrons. The molecule has 2 aromatic rings. The van der Waals surface area contributed by atoms with E-state index in [0.29, 0.717) is 11.5 Å². The molecule has 0 amide bonds. The van der Waals surface area contributed by atoms with Gasteiger partial charge < -0.3 is 4.57 Å². The van der Waals surface area contributed by atoms with Gasteiger partial charge in [-0.2, -0.15) is 0 Å². The maximum absolute atomic E-state index is 13.6. The number of aromatic nitrogens is 2.